The summed E-state index contributed by atoms with van der Waals surface area (Å²) in [5.74, 6) is 0.856. The Balaban J connectivity index is 1.61. The molecule has 5 heteroatoms. The van der Waals surface area contributed by atoms with Crippen LogP contribution in [0.15, 0.2) is 78.9 Å². The summed E-state index contributed by atoms with van der Waals surface area (Å²) in [5.41, 5.74) is 4.06. The molecule has 33 heavy (non-hydrogen) atoms. The fourth-order valence-electron chi connectivity index (χ4n) is 4.76. The first-order valence-corrected chi connectivity index (χ1v) is 11.3. The van der Waals surface area contributed by atoms with Crippen molar-refractivity contribution in [1.82, 2.24) is 4.90 Å². The third-order valence-electron chi connectivity index (χ3n) is 6.26. The average molecular weight is 443 g/mol. The monoisotopic (exact) mass is 442 g/mol. The molecule has 1 saturated heterocycles. The van der Waals surface area contributed by atoms with E-state index in [9.17, 15) is 9.59 Å². The maximum atomic E-state index is 13.2. The van der Waals surface area contributed by atoms with Crippen LogP contribution in [0.25, 0.3) is 0 Å². The van der Waals surface area contributed by atoms with Crippen LogP contribution in [0, 0.1) is 5.92 Å². The van der Waals surface area contributed by atoms with Crippen molar-refractivity contribution < 1.29 is 14.3 Å². The number of benzene rings is 3. The lowest BCUT2D eigenvalue weighted by Crippen LogP contribution is -2.43. The number of ether oxygens (including phenoxy) is 1. The number of amides is 1. The fraction of sp³-hybridized carbons (Fsp3) is 0.286. The van der Waals surface area contributed by atoms with E-state index in [-0.39, 0.29) is 17.7 Å². The third-order valence-corrected chi connectivity index (χ3v) is 6.26. The second-order valence-corrected chi connectivity index (χ2v) is 8.56. The number of nitrogens with one attached hydrogen (secondary N) is 1. The summed E-state index contributed by atoms with van der Waals surface area (Å²) in [6.07, 6.45) is 0.522. The average Bonchev–Trinajstić information content (AvgIpc) is 2.82. The highest BCUT2D eigenvalue weighted by Gasteiger charge is 2.35. The number of methoxy groups -OCH3 is 1. The van der Waals surface area contributed by atoms with Crippen molar-refractivity contribution in [3.8, 4) is 5.75 Å². The molecule has 0 bridgehead atoms. The van der Waals surface area contributed by atoms with Crippen molar-refractivity contribution in [2.75, 3.05) is 25.5 Å². The Morgan fingerprint density at radius 3 is 2.24 bits per heavy atom. The van der Waals surface area contributed by atoms with Crippen LogP contribution in [-0.2, 0) is 16.1 Å². The molecule has 1 unspecified atom stereocenters. The van der Waals surface area contributed by atoms with Crippen molar-refractivity contribution in [1.29, 1.82) is 0 Å². The minimum atomic E-state index is -0.131. The molecule has 170 valence electrons. The maximum Gasteiger partial charge on any atom is 0.221 e. The second-order valence-electron chi connectivity index (χ2n) is 8.56. The number of nitrogens with zero attached hydrogens (tertiary/aromatic N) is 1. The standard InChI is InChI=1S/C28H30N2O3/c1-20(31)29-24-13-14-27(33-2)23(17-24)18-30-16-15-26(32)25(19-30)28(21-9-5-3-6-10-21)22-11-7-4-8-12-22/h3-14,17,25,28H,15-16,18-19H2,1-2H3,(H,29,31). The predicted molar refractivity (Wildman–Crippen MR) is 130 cm³/mol. The molecule has 1 aliphatic rings. The van der Waals surface area contributed by atoms with Gasteiger partial charge in [0.15, 0.2) is 0 Å². The zero-order chi connectivity index (χ0) is 23.2. The van der Waals surface area contributed by atoms with Gasteiger partial charge in [-0.1, -0.05) is 60.7 Å². The minimum absolute atomic E-state index is 0.00955. The molecule has 1 fully saturated rings. The van der Waals surface area contributed by atoms with Crippen molar-refractivity contribution in [3.05, 3.63) is 95.6 Å². The SMILES string of the molecule is COc1ccc(NC(C)=O)cc1CN1CCC(=O)C(C(c2ccccc2)c2ccccc2)C1. The highest BCUT2D eigenvalue weighted by atomic mass is 16.5. The van der Waals surface area contributed by atoms with Crippen LogP contribution in [0.3, 0.4) is 0 Å². The maximum absolute atomic E-state index is 13.2. The van der Waals surface area contributed by atoms with Gasteiger partial charge in [0.25, 0.3) is 0 Å². The molecule has 1 N–H and O–H groups in total. The van der Waals surface area contributed by atoms with Crippen molar-refractivity contribution in [2.45, 2.75) is 25.8 Å². The molecule has 0 aliphatic carbocycles. The van der Waals surface area contributed by atoms with Crippen LogP contribution >= 0.6 is 0 Å². The van der Waals surface area contributed by atoms with E-state index in [4.69, 9.17) is 4.74 Å². The summed E-state index contributed by atoms with van der Waals surface area (Å²) >= 11 is 0. The van der Waals surface area contributed by atoms with E-state index >= 15 is 0 Å². The van der Waals surface area contributed by atoms with Crippen LogP contribution in [0.2, 0.25) is 0 Å². The Hall–Kier alpha value is -3.44. The minimum Gasteiger partial charge on any atom is -0.496 e. The van der Waals surface area contributed by atoms with E-state index in [0.717, 1.165) is 28.1 Å². The van der Waals surface area contributed by atoms with E-state index < -0.39 is 0 Å². The lowest BCUT2D eigenvalue weighted by molar-refractivity contribution is -0.127. The van der Waals surface area contributed by atoms with Gasteiger partial charge < -0.3 is 10.1 Å². The zero-order valence-electron chi connectivity index (χ0n) is 19.2. The normalized spacial score (nSPS) is 16.6. The van der Waals surface area contributed by atoms with Gasteiger partial charge in [-0.15, -0.1) is 0 Å². The van der Waals surface area contributed by atoms with Crippen molar-refractivity contribution in [2.24, 2.45) is 5.92 Å². The Labute approximate surface area is 195 Å². The largest absolute Gasteiger partial charge is 0.496 e. The molecule has 1 amide bonds. The summed E-state index contributed by atoms with van der Waals surface area (Å²) in [7, 11) is 1.65. The summed E-state index contributed by atoms with van der Waals surface area (Å²) in [4.78, 5) is 27.0. The number of carbonyl (C=O) groups is 2. The first kappa shape index (κ1) is 22.7. The van der Waals surface area contributed by atoms with Crippen LogP contribution < -0.4 is 10.1 Å². The lowest BCUT2D eigenvalue weighted by atomic mass is 9.76. The number of ketones is 1. The van der Waals surface area contributed by atoms with Gasteiger partial charge in [-0.25, -0.2) is 0 Å². The van der Waals surface area contributed by atoms with Gasteiger partial charge in [0.1, 0.15) is 11.5 Å². The smallest absolute Gasteiger partial charge is 0.221 e. The predicted octanol–water partition coefficient (Wildman–Crippen LogP) is 4.88. The molecule has 3 aromatic carbocycles. The zero-order valence-corrected chi connectivity index (χ0v) is 19.2. The van der Waals surface area contributed by atoms with Crippen LogP contribution in [0.1, 0.15) is 36.0 Å². The number of hydrogen-bond acceptors (Lipinski definition) is 4. The summed E-state index contributed by atoms with van der Waals surface area (Å²) in [6.45, 7) is 3.52. The summed E-state index contributed by atoms with van der Waals surface area (Å²) in [6, 6.07) is 26.3. The molecule has 1 atom stereocenters. The van der Waals surface area contributed by atoms with Crippen molar-refractivity contribution in [3.63, 3.8) is 0 Å². The van der Waals surface area contributed by atoms with E-state index in [0.29, 0.717) is 31.8 Å². The first-order chi connectivity index (χ1) is 16.0. The van der Waals surface area contributed by atoms with Gasteiger partial charge in [-0.3, -0.25) is 14.5 Å². The number of likely N-dealkylation sites (tertiary alicyclic amines) is 1. The fourth-order valence-corrected chi connectivity index (χ4v) is 4.76. The molecule has 0 saturated carbocycles. The topological polar surface area (TPSA) is 58.6 Å². The van der Waals surface area contributed by atoms with Crippen LogP contribution in [0.5, 0.6) is 5.75 Å². The molecule has 0 spiro atoms. The summed E-state index contributed by atoms with van der Waals surface area (Å²) < 4.78 is 5.57. The van der Waals surface area contributed by atoms with Gasteiger partial charge in [-0.05, 0) is 29.3 Å². The number of hydrogen-bond donors (Lipinski definition) is 1. The van der Waals surface area contributed by atoms with E-state index in [1.807, 2.05) is 54.6 Å². The number of rotatable bonds is 7. The van der Waals surface area contributed by atoms with Crippen LogP contribution in [0.4, 0.5) is 5.69 Å². The summed E-state index contributed by atoms with van der Waals surface area (Å²) in [5, 5.41) is 2.84. The molecule has 5 nitrogen and oxygen atoms in total. The quantitative estimate of drug-likeness (QED) is 0.567. The van der Waals surface area contributed by atoms with Gasteiger partial charge >= 0.3 is 0 Å². The Morgan fingerprint density at radius 1 is 1.03 bits per heavy atom. The highest BCUT2D eigenvalue weighted by molar-refractivity contribution is 5.88. The number of Topliss-reactive ketones (excluding diaryl/α,β-unsaturated/α-hetero) is 1. The molecule has 3 aromatic rings. The highest BCUT2D eigenvalue weighted by Crippen LogP contribution is 2.36. The van der Waals surface area contributed by atoms with Crippen LogP contribution in [-0.4, -0.2) is 36.8 Å². The molecule has 1 heterocycles. The molecular weight excluding hydrogens is 412 g/mol. The molecule has 0 radical (unpaired) electrons. The molecule has 4 rings (SSSR count). The number of carbonyl (C=O) groups excluding carboxylic acids is 2. The lowest BCUT2D eigenvalue weighted by Gasteiger charge is -2.36. The Bertz CT molecular complexity index is 1060. The molecule has 1 aliphatic heterocycles. The Kier molecular flexibility index (Phi) is 7.20. The van der Waals surface area contributed by atoms with Gasteiger partial charge in [-0.2, -0.15) is 0 Å². The number of anilines is 1. The van der Waals surface area contributed by atoms with E-state index in [1.165, 1.54) is 6.92 Å². The molecule has 0 aromatic heterocycles. The third kappa shape index (κ3) is 5.49. The van der Waals surface area contributed by atoms with Gasteiger partial charge in [0, 0.05) is 56.1 Å². The number of piperidine rings is 1. The van der Waals surface area contributed by atoms with Crippen molar-refractivity contribution >= 4 is 17.4 Å². The molecular formula is C28H30N2O3. The van der Waals surface area contributed by atoms with Gasteiger partial charge in [0.05, 0.1) is 7.11 Å². The Morgan fingerprint density at radius 2 is 1.67 bits per heavy atom. The van der Waals surface area contributed by atoms with E-state index in [2.05, 4.69) is 34.5 Å². The second kappa shape index (κ2) is 10.5. The van der Waals surface area contributed by atoms with E-state index in [1.54, 1.807) is 7.11 Å². The first-order valence-electron chi connectivity index (χ1n) is 11.3. The van der Waals surface area contributed by atoms with Gasteiger partial charge in [0.2, 0.25) is 5.91 Å².